The molecule has 2 rings (SSSR count). The molecule has 98 valence electrons. The van der Waals surface area contributed by atoms with Gasteiger partial charge in [0.15, 0.2) is 0 Å². The number of carbonyl (C=O) groups is 1. The van der Waals surface area contributed by atoms with E-state index in [9.17, 15) is 13.6 Å². The van der Waals surface area contributed by atoms with Crippen molar-refractivity contribution < 1.29 is 13.6 Å². The minimum absolute atomic E-state index is 0.0553. The van der Waals surface area contributed by atoms with Crippen LogP contribution in [0.4, 0.5) is 8.78 Å². The fourth-order valence-electron chi connectivity index (χ4n) is 1.67. The van der Waals surface area contributed by atoms with E-state index in [0.717, 1.165) is 18.2 Å². The zero-order valence-corrected chi connectivity index (χ0v) is 10.2. The van der Waals surface area contributed by atoms with Gasteiger partial charge in [0.05, 0.1) is 11.7 Å². The highest BCUT2D eigenvalue weighted by Crippen LogP contribution is 2.12. The molecule has 2 aromatic rings. The summed E-state index contributed by atoms with van der Waals surface area (Å²) in [6, 6.07) is 7.68. The summed E-state index contributed by atoms with van der Waals surface area (Å²) in [6.07, 6.45) is 1.61. The molecule has 0 aliphatic heterocycles. The summed E-state index contributed by atoms with van der Waals surface area (Å²) >= 11 is 0. The standard InChI is InChI=1S/C14H12F2N2O/c1-9(13-4-2-3-5-17-13)18-14(19)10-6-11(15)8-12(16)7-10/h2-9H,1H3,(H,18,19)/t9-/m0/s1. The van der Waals surface area contributed by atoms with Gasteiger partial charge in [0.2, 0.25) is 0 Å². The van der Waals surface area contributed by atoms with E-state index in [-0.39, 0.29) is 11.6 Å². The number of rotatable bonds is 3. The van der Waals surface area contributed by atoms with Gasteiger partial charge in [-0.3, -0.25) is 9.78 Å². The maximum atomic E-state index is 13.0. The Bertz CT molecular complexity index is 567. The first-order valence-corrected chi connectivity index (χ1v) is 5.74. The first-order valence-electron chi connectivity index (χ1n) is 5.74. The number of pyridine rings is 1. The third-order valence-electron chi connectivity index (χ3n) is 2.60. The fourth-order valence-corrected chi connectivity index (χ4v) is 1.67. The van der Waals surface area contributed by atoms with Crippen LogP contribution in [0, 0.1) is 11.6 Å². The molecular weight excluding hydrogens is 250 g/mol. The number of hydrogen-bond donors (Lipinski definition) is 1. The van der Waals surface area contributed by atoms with E-state index >= 15 is 0 Å². The monoisotopic (exact) mass is 262 g/mol. The Kier molecular flexibility index (Phi) is 3.85. The summed E-state index contributed by atoms with van der Waals surface area (Å²) in [7, 11) is 0. The zero-order chi connectivity index (χ0) is 13.8. The number of hydrogen-bond acceptors (Lipinski definition) is 2. The van der Waals surface area contributed by atoms with Gasteiger partial charge in [0.25, 0.3) is 5.91 Å². The molecule has 1 atom stereocenters. The Morgan fingerprint density at radius 3 is 2.47 bits per heavy atom. The van der Waals surface area contributed by atoms with E-state index in [0.29, 0.717) is 5.69 Å². The number of benzene rings is 1. The van der Waals surface area contributed by atoms with Gasteiger partial charge < -0.3 is 5.32 Å². The van der Waals surface area contributed by atoms with Gasteiger partial charge in [0.1, 0.15) is 11.6 Å². The van der Waals surface area contributed by atoms with Crippen LogP contribution in [0.2, 0.25) is 0 Å². The van der Waals surface area contributed by atoms with Crippen LogP contribution in [0.1, 0.15) is 29.0 Å². The smallest absolute Gasteiger partial charge is 0.252 e. The van der Waals surface area contributed by atoms with E-state index in [2.05, 4.69) is 10.3 Å². The Morgan fingerprint density at radius 1 is 1.21 bits per heavy atom. The lowest BCUT2D eigenvalue weighted by molar-refractivity contribution is 0.0938. The van der Waals surface area contributed by atoms with Crippen LogP contribution in [-0.2, 0) is 0 Å². The third-order valence-corrected chi connectivity index (χ3v) is 2.60. The van der Waals surface area contributed by atoms with Crippen molar-refractivity contribution in [2.24, 2.45) is 0 Å². The van der Waals surface area contributed by atoms with Crippen molar-refractivity contribution >= 4 is 5.91 Å². The highest BCUT2D eigenvalue weighted by molar-refractivity contribution is 5.94. The van der Waals surface area contributed by atoms with Crippen LogP contribution in [-0.4, -0.2) is 10.9 Å². The zero-order valence-electron chi connectivity index (χ0n) is 10.2. The molecule has 0 bridgehead atoms. The molecule has 1 aromatic heterocycles. The largest absolute Gasteiger partial charge is 0.344 e. The van der Waals surface area contributed by atoms with Gasteiger partial charge in [-0.25, -0.2) is 8.78 Å². The third kappa shape index (κ3) is 3.34. The topological polar surface area (TPSA) is 42.0 Å². The van der Waals surface area contributed by atoms with Crippen molar-refractivity contribution in [1.29, 1.82) is 0 Å². The summed E-state index contributed by atoms with van der Waals surface area (Å²) < 4.78 is 26.0. The van der Waals surface area contributed by atoms with Gasteiger partial charge in [-0.15, -0.1) is 0 Å². The number of carbonyl (C=O) groups excluding carboxylic acids is 1. The Balaban J connectivity index is 2.13. The number of nitrogens with zero attached hydrogens (tertiary/aromatic N) is 1. The molecule has 0 unspecified atom stereocenters. The molecule has 0 fully saturated rings. The lowest BCUT2D eigenvalue weighted by Gasteiger charge is -2.13. The van der Waals surface area contributed by atoms with Crippen molar-refractivity contribution in [3.05, 3.63) is 65.5 Å². The average Bonchev–Trinajstić information content (AvgIpc) is 2.38. The number of halogens is 2. The molecule has 0 radical (unpaired) electrons. The van der Waals surface area contributed by atoms with Crippen molar-refractivity contribution in [1.82, 2.24) is 10.3 Å². The molecule has 1 aromatic carbocycles. The van der Waals surface area contributed by atoms with E-state index < -0.39 is 17.5 Å². The van der Waals surface area contributed by atoms with Crippen molar-refractivity contribution in [3.8, 4) is 0 Å². The average molecular weight is 262 g/mol. The molecule has 0 spiro atoms. The summed E-state index contributed by atoms with van der Waals surface area (Å²) in [5, 5.41) is 2.63. The van der Waals surface area contributed by atoms with E-state index in [1.54, 1.807) is 31.3 Å². The maximum Gasteiger partial charge on any atom is 0.252 e. The van der Waals surface area contributed by atoms with E-state index in [1.165, 1.54) is 0 Å². The van der Waals surface area contributed by atoms with Gasteiger partial charge in [0, 0.05) is 17.8 Å². The molecule has 0 aliphatic carbocycles. The van der Waals surface area contributed by atoms with Gasteiger partial charge in [-0.1, -0.05) is 6.07 Å². The predicted molar refractivity (Wildman–Crippen MR) is 66.5 cm³/mol. The second kappa shape index (κ2) is 5.56. The normalized spacial score (nSPS) is 11.9. The molecule has 1 heterocycles. The molecule has 0 saturated carbocycles. The molecule has 3 nitrogen and oxygen atoms in total. The SMILES string of the molecule is C[C@H](NC(=O)c1cc(F)cc(F)c1)c1ccccn1. The van der Waals surface area contributed by atoms with Crippen molar-refractivity contribution in [3.63, 3.8) is 0 Å². The van der Waals surface area contributed by atoms with E-state index in [1.807, 2.05) is 0 Å². The molecule has 1 N–H and O–H groups in total. The Labute approximate surface area is 109 Å². The van der Waals surface area contributed by atoms with Crippen LogP contribution in [0.25, 0.3) is 0 Å². The summed E-state index contributed by atoms with van der Waals surface area (Å²) in [4.78, 5) is 16.0. The number of amides is 1. The van der Waals surface area contributed by atoms with E-state index in [4.69, 9.17) is 0 Å². The minimum atomic E-state index is -0.782. The van der Waals surface area contributed by atoms with Crippen LogP contribution in [0.3, 0.4) is 0 Å². The lowest BCUT2D eigenvalue weighted by atomic mass is 10.1. The molecule has 5 heteroatoms. The van der Waals surface area contributed by atoms with Crippen molar-refractivity contribution in [2.75, 3.05) is 0 Å². The maximum absolute atomic E-state index is 13.0. The quantitative estimate of drug-likeness (QED) is 0.924. The Hall–Kier alpha value is -2.30. The lowest BCUT2D eigenvalue weighted by Crippen LogP contribution is -2.27. The van der Waals surface area contributed by atoms with Gasteiger partial charge >= 0.3 is 0 Å². The number of nitrogens with one attached hydrogen (secondary N) is 1. The molecule has 0 saturated heterocycles. The fraction of sp³-hybridized carbons (Fsp3) is 0.143. The summed E-state index contributed by atoms with van der Waals surface area (Å²) in [5.74, 6) is -2.11. The Morgan fingerprint density at radius 2 is 1.89 bits per heavy atom. The second-order valence-corrected chi connectivity index (χ2v) is 4.11. The highest BCUT2D eigenvalue weighted by atomic mass is 19.1. The van der Waals surface area contributed by atoms with Crippen LogP contribution in [0.5, 0.6) is 0 Å². The molecular formula is C14H12F2N2O. The molecule has 0 aliphatic rings. The summed E-state index contributed by atoms with van der Waals surface area (Å²) in [6.45, 7) is 1.75. The van der Waals surface area contributed by atoms with Crippen LogP contribution < -0.4 is 5.32 Å². The highest BCUT2D eigenvalue weighted by Gasteiger charge is 2.13. The second-order valence-electron chi connectivity index (χ2n) is 4.11. The van der Waals surface area contributed by atoms with Crippen molar-refractivity contribution in [2.45, 2.75) is 13.0 Å². The van der Waals surface area contributed by atoms with Gasteiger partial charge in [-0.05, 0) is 31.2 Å². The van der Waals surface area contributed by atoms with Gasteiger partial charge in [-0.2, -0.15) is 0 Å². The predicted octanol–water partition coefficient (Wildman–Crippen LogP) is 2.85. The number of aromatic nitrogens is 1. The minimum Gasteiger partial charge on any atom is -0.344 e. The summed E-state index contributed by atoms with van der Waals surface area (Å²) in [5.41, 5.74) is 0.619. The van der Waals surface area contributed by atoms with Crippen LogP contribution >= 0.6 is 0 Å². The molecule has 1 amide bonds. The molecule has 19 heavy (non-hydrogen) atoms. The first-order chi connectivity index (χ1) is 9.06. The first kappa shape index (κ1) is 13.1. The van der Waals surface area contributed by atoms with Crippen LogP contribution in [0.15, 0.2) is 42.6 Å².